The quantitative estimate of drug-likeness (QED) is 0.695. The molecule has 15 heavy (non-hydrogen) atoms. The highest BCUT2D eigenvalue weighted by Gasteiger charge is 2.26. The van der Waals surface area contributed by atoms with Crippen molar-refractivity contribution >= 4 is 5.78 Å². The largest absolute Gasteiger partial charge is 0.377 e. The van der Waals surface area contributed by atoms with Crippen LogP contribution in [0.4, 0.5) is 0 Å². The first kappa shape index (κ1) is 11.1. The molecule has 0 radical (unpaired) electrons. The first-order valence-electron chi connectivity index (χ1n) is 6.13. The van der Waals surface area contributed by atoms with Gasteiger partial charge in [0.1, 0.15) is 5.78 Å². The fourth-order valence-corrected chi connectivity index (χ4v) is 2.53. The fraction of sp³-hybridized carbons (Fsp3) is 0.917. The highest BCUT2D eigenvalue weighted by molar-refractivity contribution is 5.79. The number of rotatable bonds is 2. The number of piperidine rings is 1. The Labute approximate surface area is 91.8 Å². The van der Waals surface area contributed by atoms with Crippen molar-refractivity contribution in [1.29, 1.82) is 0 Å². The van der Waals surface area contributed by atoms with E-state index in [1.54, 1.807) is 0 Å². The van der Waals surface area contributed by atoms with Gasteiger partial charge in [-0.15, -0.1) is 0 Å². The molecule has 86 valence electrons. The topological polar surface area (TPSA) is 29.5 Å². The summed E-state index contributed by atoms with van der Waals surface area (Å²) in [4.78, 5) is 13.7. The number of nitrogens with zero attached hydrogens (tertiary/aromatic N) is 1. The van der Waals surface area contributed by atoms with Crippen LogP contribution in [0.3, 0.4) is 0 Å². The number of carbonyl (C=O) groups is 1. The average molecular weight is 211 g/mol. The lowest BCUT2D eigenvalue weighted by molar-refractivity contribution is -0.123. The van der Waals surface area contributed by atoms with E-state index in [0.29, 0.717) is 17.9 Å². The molecule has 3 nitrogen and oxygen atoms in total. The maximum atomic E-state index is 11.3. The lowest BCUT2D eigenvalue weighted by Gasteiger charge is -2.36. The van der Waals surface area contributed by atoms with E-state index in [1.165, 1.54) is 19.3 Å². The smallest absolute Gasteiger partial charge is 0.135 e. The van der Waals surface area contributed by atoms with E-state index in [1.807, 2.05) is 0 Å². The van der Waals surface area contributed by atoms with E-state index < -0.39 is 0 Å². The zero-order chi connectivity index (χ0) is 10.7. The zero-order valence-electron chi connectivity index (χ0n) is 9.58. The van der Waals surface area contributed by atoms with Gasteiger partial charge >= 0.3 is 0 Å². The van der Waals surface area contributed by atoms with Crippen molar-refractivity contribution in [3.05, 3.63) is 0 Å². The molecule has 0 spiro atoms. The summed E-state index contributed by atoms with van der Waals surface area (Å²) in [5.41, 5.74) is 0. The van der Waals surface area contributed by atoms with Crippen molar-refractivity contribution in [3.63, 3.8) is 0 Å². The van der Waals surface area contributed by atoms with Crippen LogP contribution in [0.1, 0.15) is 39.0 Å². The lowest BCUT2D eigenvalue weighted by atomic mass is 10.0. The van der Waals surface area contributed by atoms with Crippen LogP contribution in [-0.2, 0) is 9.53 Å². The third-order valence-corrected chi connectivity index (χ3v) is 3.54. The van der Waals surface area contributed by atoms with Crippen LogP contribution < -0.4 is 0 Å². The van der Waals surface area contributed by atoms with Gasteiger partial charge in [0.15, 0.2) is 0 Å². The molecule has 0 aromatic carbocycles. The van der Waals surface area contributed by atoms with E-state index in [-0.39, 0.29) is 0 Å². The minimum atomic E-state index is 0.411. The maximum Gasteiger partial charge on any atom is 0.135 e. The maximum absolute atomic E-state index is 11.3. The summed E-state index contributed by atoms with van der Waals surface area (Å²) >= 11 is 0. The molecule has 2 rings (SSSR count). The normalized spacial score (nSPS) is 34.3. The van der Waals surface area contributed by atoms with Gasteiger partial charge in [-0.05, 0) is 26.2 Å². The van der Waals surface area contributed by atoms with E-state index in [9.17, 15) is 4.79 Å². The molecule has 2 fully saturated rings. The first-order valence-corrected chi connectivity index (χ1v) is 6.13. The van der Waals surface area contributed by atoms with Gasteiger partial charge in [-0.3, -0.25) is 9.69 Å². The third kappa shape index (κ3) is 3.02. The Morgan fingerprint density at radius 2 is 2.33 bits per heavy atom. The molecule has 0 N–H and O–H groups in total. The van der Waals surface area contributed by atoms with E-state index in [0.717, 1.165) is 32.5 Å². The van der Waals surface area contributed by atoms with Crippen LogP contribution in [0.15, 0.2) is 0 Å². The molecule has 2 aliphatic heterocycles. The second-order valence-electron chi connectivity index (χ2n) is 4.83. The average Bonchev–Trinajstić information content (AvgIpc) is 2.24. The monoisotopic (exact) mass is 211 g/mol. The zero-order valence-corrected chi connectivity index (χ0v) is 9.58. The number of carbonyl (C=O) groups excluding carboxylic acids is 1. The predicted octanol–water partition coefficient (Wildman–Crippen LogP) is 1.61. The molecular formula is C12H21NO2. The van der Waals surface area contributed by atoms with Crippen LogP contribution >= 0.6 is 0 Å². The Kier molecular flexibility index (Phi) is 3.76. The number of hydrogen-bond donors (Lipinski definition) is 0. The molecule has 0 bridgehead atoms. The van der Waals surface area contributed by atoms with Crippen LogP contribution in [0, 0.1) is 0 Å². The van der Waals surface area contributed by atoms with Crippen molar-refractivity contribution in [2.45, 2.75) is 51.2 Å². The SMILES string of the molecule is CC1CC(=O)CCN1CC1CCCCO1. The summed E-state index contributed by atoms with van der Waals surface area (Å²) < 4.78 is 5.73. The fourth-order valence-electron chi connectivity index (χ4n) is 2.53. The van der Waals surface area contributed by atoms with Gasteiger partial charge in [0.2, 0.25) is 0 Å². The van der Waals surface area contributed by atoms with E-state index >= 15 is 0 Å². The number of hydrogen-bond acceptors (Lipinski definition) is 3. The Balaban J connectivity index is 1.80. The summed E-state index contributed by atoms with van der Waals surface area (Å²) in [5.74, 6) is 0.420. The summed E-state index contributed by atoms with van der Waals surface area (Å²) in [7, 11) is 0. The van der Waals surface area contributed by atoms with Gasteiger partial charge in [0.25, 0.3) is 0 Å². The van der Waals surface area contributed by atoms with Gasteiger partial charge in [-0.1, -0.05) is 0 Å². The summed E-state index contributed by atoms with van der Waals surface area (Å²) in [6.07, 6.45) is 5.58. The Morgan fingerprint density at radius 3 is 3.00 bits per heavy atom. The van der Waals surface area contributed by atoms with Crippen molar-refractivity contribution in [2.75, 3.05) is 19.7 Å². The van der Waals surface area contributed by atoms with Gasteiger partial charge in [0.05, 0.1) is 6.10 Å². The van der Waals surface area contributed by atoms with Crippen LogP contribution in [0.2, 0.25) is 0 Å². The number of likely N-dealkylation sites (tertiary alicyclic amines) is 1. The third-order valence-electron chi connectivity index (χ3n) is 3.54. The molecule has 3 heteroatoms. The summed E-state index contributed by atoms with van der Waals surface area (Å²) in [6.45, 7) is 5.03. The Morgan fingerprint density at radius 1 is 1.47 bits per heavy atom. The molecule has 0 aliphatic carbocycles. The van der Waals surface area contributed by atoms with Crippen LogP contribution in [-0.4, -0.2) is 42.5 Å². The molecular weight excluding hydrogens is 190 g/mol. The number of Topliss-reactive ketones (excluding diaryl/α,β-unsaturated/α-hetero) is 1. The Bertz CT molecular complexity index is 224. The molecule has 0 saturated carbocycles. The van der Waals surface area contributed by atoms with E-state index in [4.69, 9.17) is 4.74 Å². The molecule has 2 unspecified atom stereocenters. The van der Waals surface area contributed by atoms with Crippen molar-refractivity contribution < 1.29 is 9.53 Å². The minimum absolute atomic E-state index is 0.411. The van der Waals surface area contributed by atoms with Crippen LogP contribution in [0.5, 0.6) is 0 Å². The minimum Gasteiger partial charge on any atom is -0.377 e. The van der Waals surface area contributed by atoms with Crippen molar-refractivity contribution in [3.8, 4) is 0 Å². The summed E-state index contributed by atoms with van der Waals surface area (Å²) in [5, 5.41) is 0. The number of ether oxygens (including phenoxy) is 1. The van der Waals surface area contributed by atoms with Crippen molar-refractivity contribution in [1.82, 2.24) is 4.90 Å². The van der Waals surface area contributed by atoms with Gasteiger partial charge in [-0.2, -0.15) is 0 Å². The molecule has 2 saturated heterocycles. The molecule has 2 heterocycles. The van der Waals surface area contributed by atoms with Crippen LogP contribution in [0.25, 0.3) is 0 Å². The molecule has 2 atom stereocenters. The number of ketones is 1. The lowest BCUT2D eigenvalue weighted by Crippen LogP contribution is -2.45. The first-order chi connectivity index (χ1) is 7.25. The highest BCUT2D eigenvalue weighted by atomic mass is 16.5. The Hall–Kier alpha value is -0.410. The van der Waals surface area contributed by atoms with Gasteiger partial charge in [0, 0.05) is 38.6 Å². The van der Waals surface area contributed by atoms with Gasteiger partial charge < -0.3 is 4.74 Å². The van der Waals surface area contributed by atoms with Crippen molar-refractivity contribution in [2.24, 2.45) is 0 Å². The molecule has 0 aromatic rings. The standard InChI is InChI=1S/C12H21NO2/c1-10-8-11(14)5-6-13(10)9-12-4-2-3-7-15-12/h10,12H,2-9H2,1H3. The predicted molar refractivity (Wildman–Crippen MR) is 58.9 cm³/mol. The van der Waals surface area contributed by atoms with E-state index in [2.05, 4.69) is 11.8 Å². The molecule has 2 aliphatic rings. The second kappa shape index (κ2) is 5.08. The molecule has 0 aromatic heterocycles. The second-order valence-corrected chi connectivity index (χ2v) is 4.83. The summed E-state index contributed by atoms with van der Waals surface area (Å²) in [6, 6.07) is 0.414. The highest BCUT2D eigenvalue weighted by Crippen LogP contribution is 2.19. The van der Waals surface area contributed by atoms with Gasteiger partial charge in [-0.25, -0.2) is 0 Å². The molecule has 0 amide bonds.